The lowest BCUT2D eigenvalue weighted by Gasteiger charge is -1.93. The molecule has 41 valence electrons. The Balaban J connectivity index is 2.45. The van der Waals surface area contributed by atoms with E-state index in [0.717, 1.165) is 20.4 Å². The van der Waals surface area contributed by atoms with E-state index < -0.39 is 0 Å². The molecule has 0 heterocycles. The maximum Gasteiger partial charge on any atom is 0.302 e. The zero-order valence-corrected chi connectivity index (χ0v) is 4.65. The van der Waals surface area contributed by atoms with Crippen LogP contribution in [0.25, 0.3) is 0 Å². The van der Waals surface area contributed by atoms with E-state index in [4.69, 9.17) is 5.02 Å². The quantitative estimate of drug-likeness (QED) is 0.370. The van der Waals surface area contributed by atoms with Crippen molar-refractivity contribution in [3.63, 3.8) is 0 Å². The maximum atomic E-state index is 8.11. The molecule has 1 radical (unpaired) electrons. The largest absolute Gasteiger partial charge is 0.453 e. The van der Waals surface area contributed by atoms with Crippen LogP contribution >= 0.6 is 0 Å². The molecular weight excluding hydrogens is 88.9 g/mol. The normalized spacial score (nSPS) is 8.86. The van der Waals surface area contributed by atoms with Crippen molar-refractivity contribution in [1.29, 1.82) is 0 Å². The van der Waals surface area contributed by atoms with Crippen LogP contribution in [0.1, 0.15) is 13.3 Å². The Kier molecular flexibility index (Phi) is 5.97. The van der Waals surface area contributed by atoms with Gasteiger partial charge in [-0.05, 0) is 19.4 Å². The molecule has 0 aliphatic rings. The van der Waals surface area contributed by atoms with Gasteiger partial charge in [0.25, 0.3) is 0 Å². The molecule has 0 unspecified atom stereocenters. The second kappa shape index (κ2) is 5.98. The molecule has 3 heteroatoms. The Labute approximate surface area is 45.2 Å². The van der Waals surface area contributed by atoms with Gasteiger partial charge in [0.2, 0.25) is 0 Å². The molecule has 0 fully saturated rings. The fourth-order valence-electron chi connectivity index (χ4n) is 0.343. The Morgan fingerprint density at radius 3 is 2.86 bits per heavy atom. The third kappa shape index (κ3) is 5.98. The molecule has 0 amide bonds. The average Bonchev–Trinajstić information content (AvgIpc) is 1.69. The summed E-state index contributed by atoms with van der Waals surface area (Å²) in [5, 5.41) is 11.1. The van der Waals surface area contributed by atoms with Crippen LogP contribution < -0.4 is 5.32 Å². The van der Waals surface area contributed by atoms with Gasteiger partial charge in [0.1, 0.15) is 0 Å². The highest BCUT2D eigenvalue weighted by Gasteiger charge is 1.81. The molecule has 0 bridgehead atoms. The van der Waals surface area contributed by atoms with Crippen LogP contribution in [0, 0.1) is 0 Å². The lowest BCUT2D eigenvalue weighted by molar-refractivity contribution is 0.587. The second-order valence-electron chi connectivity index (χ2n) is 1.39. The lowest BCUT2D eigenvalue weighted by atomic mass is 10.0. The summed E-state index contributed by atoms with van der Waals surface area (Å²) in [6.07, 6.45) is 1.72. The SMILES string of the molecule is CCCNC[B]O. The molecule has 0 aromatic carbocycles. The van der Waals surface area contributed by atoms with E-state index in [9.17, 15) is 0 Å². The van der Waals surface area contributed by atoms with E-state index >= 15 is 0 Å². The molecule has 0 rings (SSSR count). The van der Waals surface area contributed by atoms with Gasteiger partial charge in [0.05, 0.1) is 0 Å². The first-order valence-corrected chi connectivity index (χ1v) is 2.58. The summed E-state index contributed by atoms with van der Waals surface area (Å²) < 4.78 is 0. The highest BCUT2D eigenvalue weighted by Crippen LogP contribution is 1.65. The van der Waals surface area contributed by atoms with Crippen LogP contribution in [0.2, 0.25) is 0 Å². The summed E-state index contributed by atoms with van der Waals surface area (Å²) in [7, 11) is 1.12. The highest BCUT2D eigenvalue weighted by molar-refractivity contribution is 6.25. The Bertz CT molecular complexity index is 30.9. The summed E-state index contributed by atoms with van der Waals surface area (Å²) >= 11 is 0. The minimum Gasteiger partial charge on any atom is -0.453 e. The predicted molar refractivity (Wildman–Crippen MR) is 31.1 cm³/mol. The highest BCUT2D eigenvalue weighted by atomic mass is 16.2. The van der Waals surface area contributed by atoms with Gasteiger partial charge in [-0.25, -0.2) is 0 Å². The fraction of sp³-hybridized carbons (Fsp3) is 1.00. The second-order valence-corrected chi connectivity index (χ2v) is 1.39. The van der Waals surface area contributed by atoms with Gasteiger partial charge in [-0.2, -0.15) is 0 Å². The monoisotopic (exact) mass is 100 g/mol. The van der Waals surface area contributed by atoms with Crippen molar-refractivity contribution in [2.45, 2.75) is 13.3 Å². The summed E-state index contributed by atoms with van der Waals surface area (Å²) in [5.74, 6) is 0. The van der Waals surface area contributed by atoms with Crippen LogP contribution in [0.3, 0.4) is 0 Å². The van der Waals surface area contributed by atoms with Crippen molar-refractivity contribution in [1.82, 2.24) is 5.32 Å². The third-order valence-electron chi connectivity index (χ3n) is 0.662. The summed E-state index contributed by atoms with van der Waals surface area (Å²) in [5.41, 5.74) is 0. The zero-order chi connectivity index (χ0) is 5.54. The number of rotatable bonds is 4. The van der Waals surface area contributed by atoms with E-state index in [2.05, 4.69) is 12.2 Å². The van der Waals surface area contributed by atoms with Gasteiger partial charge < -0.3 is 10.3 Å². The van der Waals surface area contributed by atoms with E-state index in [-0.39, 0.29) is 0 Å². The average molecular weight is 99.9 g/mol. The van der Waals surface area contributed by atoms with Crippen LogP contribution in [-0.2, 0) is 0 Å². The van der Waals surface area contributed by atoms with Crippen molar-refractivity contribution >= 4 is 7.48 Å². The van der Waals surface area contributed by atoms with Gasteiger partial charge in [-0.15, -0.1) is 0 Å². The maximum absolute atomic E-state index is 8.11. The zero-order valence-electron chi connectivity index (χ0n) is 4.65. The van der Waals surface area contributed by atoms with Crippen molar-refractivity contribution in [3.05, 3.63) is 0 Å². The van der Waals surface area contributed by atoms with Crippen LogP contribution in [0.4, 0.5) is 0 Å². The predicted octanol–water partition coefficient (Wildman–Crippen LogP) is -0.445. The molecule has 2 N–H and O–H groups in total. The van der Waals surface area contributed by atoms with Gasteiger partial charge in [0.15, 0.2) is 0 Å². The number of hydrogen-bond acceptors (Lipinski definition) is 2. The number of hydrogen-bond donors (Lipinski definition) is 2. The van der Waals surface area contributed by atoms with Crippen LogP contribution in [0.5, 0.6) is 0 Å². The first-order valence-electron chi connectivity index (χ1n) is 2.58. The molecule has 2 nitrogen and oxygen atoms in total. The Hall–Kier alpha value is -0.0151. The van der Waals surface area contributed by atoms with E-state index in [1.165, 1.54) is 0 Å². The molecule has 0 atom stereocenters. The Morgan fingerprint density at radius 2 is 2.43 bits per heavy atom. The van der Waals surface area contributed by atoms with Crippen molar-refractivity contribution in [2.75, 3.05) is 13.0 Å². The van der Waals surface area contributed by atoms with E-state index in [1.54, 1.807) is 0 Å². The minimum atomic E-state index is 0.605. The molecule has 0 spiro atoms. The molecule has 0 aliphatic heterocycles. The lowest BCUT2D eigenvalue weighted by Crippen LogP contribution is -2.20. The molecule has 7 heavy (non-hydrogen) atoms. The molecule has 0 aromatic rings. The van der Waals surface area contributed by atoms with Gasteiger partial charge in [-0.1, -0.05) is 6.92 Å². The van der Waals surface area contributed by atoms with E-state index in [0.29, 0.717) is 6.44 Å². The molecule has 0 aromatic heterocycles. The molecule has 0 saturated carbocycles. The fourth-order valence-corrected chi connectivity index (χ4v) is 0.343. The molecule has 0 saturated heterocycles. The van der Waals surface area contributed by atoms with Crippen molar-refractivity contribution in [2.24, 2.45) is 0 Å². The van der Waals surface area contributed by atoms with Crippen LogP contribution in [0.15, 0.2) is 0 Å². The first-order chi connectivity index (χ1) is 3.41. The minimum absolute atomic E-state index is 0.605. The summed E-state index contributed by atoms with van der Waals surface area (Å²) in [4.78, 5) is 0. The standard InChI is InChI=1S/C4H11BNO/c1-2-3-6-4-5-7/h6-7H,2-4H2,1H3. The molecular formula is C4H11BNO. The van der Waals surface area contributed by atoms with Gasteiger partial charge in [0, 0.05) is 0 Å². The third-order valence-corrected chi connectivity index (χ3v) is 0.662. The topological polar surface area (TPSA) is 32.3 Å². The molecule has 0 aliphatic carbocycles. The Morgan fingerprint density at radius 1 is 1.71 bits per heavy atom. The van der Waals surface area contributed by atoms with E-state index in [1.807, 2.05) is 0 Å². The van der Waals surface area contributed by atoms with Crippen LogP contribution in [-0.4, -0.2) is 25.5 Å². The number of nitrogens with one attached hydrogen (secondary N) is 1. The summed E-state index contributed by atoms with van der Waals surface area (Å²) in [6, 6.07) is 0. The first kappa shape index (κ1) is 6.98. The smallest absolute Gasteiger partial charge is 0.302 e. The van der Waals surface area contributed by atoms with Gasteiger partial charge >= 0.3 is 7.48 Å². The van der Waals surface area contributed by atoms with Crippen molar-refractivity contribution in [3.8, 4) is 0 Å². The van der Waals surface area contributed by atoms with Crippen molar-refractivity contribution < 1.29 is 5.02 Å². The van der Waals surface area contributed by atoms with Gasteiger partial charge in [-0.3, -0.25) is 0 Å². The summed E-state index contributed by atoms with van der Waals surface area (Å²) in [6.45, 7) is 3.07.